The van der Waals surface area contributed by atoms with Crippen LogP contribution in [-0.4, -0.2) is 28.1 Å². The maximum absolute atomic E-state index is 7.34. The van der Waals surface area contributed by atoms with Crippen molar-refractivity contribution in [3.8, 4) is 16.9 Å². The first-order valence-corrected chi connectivity index (χ1v) is 28.6. The van der Waals surface area contributed by atoms with Crippen molar-refractivity contribution < 1.29 is 9.47 Å². The van der Waals surface area contributed by atoms with Crippen LogP contribution in [0.15, 0.2) is 227 Å². The Balaban J connectivity index is 0.839. The first-order valence-electron chi connectivity index (χ1n) is 25.2. The van der Waals surface area contributed by atoms with E-state index >= 15 is 0 Å². The van der Waals surface area contributed by atoms with E-state index in [2.05, 4.69) is 229 Å². The Bertz CT molecular complexity index is 4740. The Hall–Kier alpha value is -8.93. The minimum absolute atomic E-state index is 0.110. The summed E-state index contributed by atoms with van der Waals surface area (Å²) in [4.78, 5) is 11.2. The summed E-state index contributed by atoms with van der Waals surface area (Å²) in [6.07, 6.45) is 1.85. The fraction of sp³-hybridized carbons (Fsp3) is 0.0462. The summed E-state index contributed by atoms with van der Waals surface area (Å²) in [5.41, 5.74) is 13.8. The zero-order valence-electron chi connectivity index (χ0n) is 39.4. The van der Waals surface area contributed by atoms with Gasteiger partial charge in [-0.1, -0.05) is 72.8 Å². The number of nitrogens with zero attached hydrogens (tertiary/aromatic N) is 6. The molecule has 4 aromatic heterocycles. The molecule has 3 atom stereocenters. The summed E-state index contributed by atoms with van der Waals surface area (Å²) in [6.45, 7) is 0. The Morgan fingerprint density at radius 2 is 0.865 bits per heavy atom. The summed E-state index contributed by atoms with van der Waals surface area (Å²) >= 11 is -2.25. The molecule has 9 heteroatoms. The van der Waals surface area contributed by atoms with Crippen LogP contribution in [0.4, 0.5) is 0 Å². The second kappa shape index (κ2) is 14.4. The Kier molecular flexibility index (Phi) is 7.71. The van der Waals surface area contributed by atoms with Crippen molar-refractivity contribution in [1.29, 1.82) is 0 Å². The molecule has 4 aliphatic heterocycles. The van der Waals surface area contributed by atoms with E-state index in [-0.39, 0.29) is 17.8 Å². The number of halogens is 1. The van der Waals surface area contributed by atoms with E-state index in [4.69, 9.17) is 19.5 Å². The van der Waals surface area contributed by atoms with Gasteiger partial charge < -0.3 is 4.57 Å². The Morgan fingerprint density at radius 1 is 0.392 bits per heavy atom. The van der Waals surface area contributed by atoms with Crippen LogP contribution in [0.2, 0.25) is 0 Å². The number of rotatable bonds is 5. The third kappa shape index (κ3) is 5.06. The molecule has 0 bridgehead atoms. The van der Waals surface area contributed by atoms with E-state index in [9.17, 15) is 0 Å². The van der Waals surface area contributed by atoms with Gasteiger partial charge in [-0.25, -0.2) is 0 Å². The molecule has 18 rings (SSSR count). The first-order chi connectivity index (χ1) is 36.8. The van der Waals surface area contributed by atoms with Crippen LogP contribution in [0.5, 0.6) is 5.75 Å². The van der Waals surface area contributed by atoms with E-state index in [1.807, 2.05) is 6.26 Å². The molecule has 13 aromatic rings. The van der Waals surface area contributed by atoms with Gasteiger partial charge in [0.05, 0.1) is 22.1 Å². The van der Waals surface area contributed by atoms with Gasteiger partial charge in [-0.2, -0.15) is 0 Å². The van der Waals surface area contributed by atoms with Gasteiger partial charge in [0, 0.05) is 21.5 Å². The molecule has 0 N–H and O–H groups in total. The maximum atomic E-state index is 7.34. The van der Waals surface area contributed by atoms with Gasteiger partial charge in [-0.15, -0.1) is 0 Å². The molecule has 5 aliphatic rings. The Morgan fingerprint density at radius 3 is 1.42 bits per heavy atom. The predicted octanol–water partition coefficient (Wildman–Crippen LogP) is 16.5. The van der Waals surface area contributed by atoms with E-state index in [0.29, 0.717) is 0 Å². The van der Waals surface area contributed by atoms with E-state index in [1.165, 1.54) is 69.1 Å². The summed E-state index contributed by atoms with van der Waals surface area (Å²) in [5, 5.41) is 9.68. The number of para-hydroxylation sites is 8. The number of hydrogen-bond acceptors (Lipinski definition) is 4. The molecule has 1 aliphatic carbocycles. The summed E-state index contributed by atoms with van der Waals surface area (Å²) in [7, 11) is 0. The van der Waals surface area contributed by atoms with Crippen LogP contribution in [0.3, 0.4) is 0 Å². The quantitative estimate of drug-likeness (QED) is 0.161. The fourth-order valence-corrected chi connectivity index (χ4v) is 17.7. The third-order valence-corrected chi connectivity index (χ3v) is 20.9. The molecule has 348 valence electrons. The van der Waals surface area contributed by atoms with E-state index in [1.54, 1.807) is 0 Å². The molecule has 0 radical (unpaired) electrons. The standard InChI is InChI=1S/C65H39IN6O2/c1-8-25-48-39(16-1)40-17-2-9-26-49(40)69(48)59-57-56-46-24-15-23-38(60(46)74-64(58(56)57)67-62(59)71-51-28-11-3-18-41(51)42-19-4-12-29-52(42)71)37-32-33-55-47(36-37)45-22-7-10-27-50(45)70(55)61-63(68-65-66(61)34-35-73-65)72-53-30-13-5-20-43(53)44-21-6-14-31-54(44)72/h1-36,56-58H. The van der Waals surface area contributed by atoms with Crippen molar-refractivity contribution in [3.63, 3.8) is 0 Å². The number of fused-ring (bicyclic) bond motifs is 16. The molecule has 0 amide bonds. The number of hydrogen-bond donors (Lipinski definition) is 0. The van der Waals surface area contributed by atoms with Gasteiger partial charge in [-0.05, 0) is 24.3 Å². The SMILES string of the molecule is C1=CI2C(=NC(n3c4ccccc4c4ccccc43)=C2n2c3ccccc3c3cc(-c4cccc5c4OC4=NC(n6c7ccccc7c7ccccc76)=C(n6c7ccccc7c7ccccc76)C6C4C56)ccc32)O1. The van der Waals surface area contributed by atoms with Crippen molar-refractivity contribution in [2.75, 3.05) is 0 Å². The van der Waals surface area contributed by atoms with Gasteiger partial charge >= 0.3 is 283 Å². The van der Waals surface area contributed by atoms with Crippen LogP contribution in [-0.2, 0) is 4.74 Å². The normalized spacial score (nSPS) is 19.1. The van der Waals surface area contributed by atoms with Gasteiger partial charge in [0.2, 0.25) is 0 Å². The number of allylic oxidation sites excluding steroid dienone is 1. The second-order valence-electron chi connectivity index (χ2n) is 19.9. The van der Waals surface area contributed by atoms with Crippen LogP contribution in [0.25, 0.3) is 119 Å². The molecule has 9 aromatic carbocycles. The molecule has 8 nitrogen and oxygen atoms in total. The van der Waals surface area contributed by atoms with Crippen LogP contribution in [0, 0.1) is 11.8 Å². The van der Waals surface area contributed by atoms with Crippen molar-refractivity contribution in [2.24, 2.45) is 21.8 Å². The minimum atomic E-state index is -2.25. The van der Waals surface area contributed by atoms with Crippen molar-refractivity contribution >= 4 is 138 Å². The number of ether oxygens (including phenoxy) is 2. The monoisotopic (exact) mass is 1060 g/mol. The van der Waals surface area contributed by atoms with E-state index in [0.717, 1.165) is 71.4 Å². The number of aromatic nitrogens is 4. The molecule has 3 unspecified atom stereocenters. The average molecular weight is 1060 g/mol. The predicted molar refractivity (Wildman–Crippen MR) is 311 cm³/mol. The van der Waals surface area contributed by atoms with Gasteiger partial charge in [0.15, 0.2) is 0 Å². The van der Waals surface area contributed by atoms with Gasteiger partial charge in [-0.3, -0.25) is 4.57 Å². The summed E-state index contributed by atoms with van der Waals surface area (Å²) < 4.78 is 27.7. The molecular formula is C65H39IN6O2. The summed E-state index contributed by atoms with van der Waals surface area (Å²) in [5.74, 6) is 3.95. The van der Waals surface area contributed by atoms with Gasteiger partial charge in [0.1, 0.15) is 0 Å². The fourth-order valence-electron chi connectivity index (χ4n) is 13.3. The second-order valence-corrected chi connectivity index (χ2v) is 24.4. The zero-order chi connectivity index (χ0) is 47.9. The molecule has 74 heavy (non-hydrogen) atoms. The van der Waals surface area contributed by atoms with Crippen LogP contribution in [0.1, 0.15) is 11.5 Å². The van der Waals surface area contributed by atoms with Gasteiger partial charge in [0.25, 0.3) is 0 Å². The topological polar surface area (TPSA) is 62.9 Å². The molecule has 1 saturated carbocycles. The van der Waals surface area contributed by atoms with Crippen LogP contribution >= 0.6 is 19.8 Å². The molecular weight excluding hydrogens is 1020 g/mol. The number of benzene rings is 9. The Labute approximate surface area is 429 Å². The molecule has 0 spiro atoms. The first kappa shape index (κ1) is 39.7. The van der Waals surface area contributed by atoms with E-state index < -0.39 is 19.8 Å². The zero-order valence-corrected chi connectivity index (χ0v) is 41.6. The van der Waals surface area contributed by atoms with Crippen LogP contribution < -0.4 is 4.74 Å². The van der Waals surface area contributed by atoms with Crippen molar-refractivity contribution in [3.05, 3.63) is 222 Å². The molecule has 8 heterocycles. The van der Waals surface area contributed by atoms with Crippen molar-refractivity contribution in [1.82, 2.24) is 18.3 Å². The average Bonchev–Trinajstić information content (AvgIpc) is 4.13. The molecule has 1 fully saturated rings. The summed E-state index contributed by atoms with van der Waals surface area (Å²) in [6, 6.07) is 75.1. The molecule has 0 saturated heterocycles. The van der Waals surface area contributed by atoms with Crippen molar-refractivity contribution in [2.45, 2.75) is 5.92 Å². The number of aliphatic imine (C=N–C) groups is 2. The third-order valence-electron chi connectivity index (χ3n) is 16.3.